The Balaban J connectivity index is 4.67. The van der Waals surface area contributed by atoms with Crippen molar-refractivity contribution in [3.8, 4) is 0 Å². The molecule has 0 aromatic rings. The highest BCUT2D eigenvalue weighted by atomic mass is 16.5. The second kappa shape index (κ2) is 39.5. The number of aliphatic hydroxyl groups is 2. The normalized spacial score (nSPS) is 14.2. The molecule has 0 saturated carbocycles. The van der Waals surface area contributed by atoms with Gasteiger partial charge in [-0.2, -0.15) is 0 Å². The molecule has 6 heteroatoms. The lowest BCUT2D eigenvalue weighted by Gasteiger charge is -2.24. The molecule has 0 bridgehead atoms. The third-order valence-electron chi connectivity index (χ3n) is 9.01. The highest BCUT2D eigenvalue weighted by Crippen LogP contribution is 2.16. The molecule has 0 fully saturated rings. The van der Waals surface area contributed by atoms with Gasteiger partial charge in [0.05, 0.1) is 25.2 Å². The van der Waals surface area contributed by atoms with Gasteiger partial charge in [0, 0.05) is 6.42 Å². The van der Waals surface area contributed by atoms with Crippen LogP contribution < -0.4 is 5.32 Å². The Morgan fingerprint density at radius 1 is 0.577 bits per heavy atom. The van der Waals surface area contributed by atoms with E-state index in [4.69, 9.17) is 4.74 Å². The summed E-state index contributed by atoms with van der Waals surface area (Å²) in [4.78, 5) is 25.8. The maximum atomic E-state index is 13.0. The van der Waals surface area contributed by atoms with Crippen molar-refractivity contribution < 1.29 is 24.5 Å². The number of carbonyl (C=O) groups is 2. The van der Waals surface area contributed by atoms with Crippen molar-refractivity contribution in [2.45, 2.75) is 200 Å². The molecule has 0 aliphatic heterocycles. The van der Waals surface area contributed by atoms with Crippen molar-refractivity contribution in [3.63, 3.8) is 0 Å². The summed E-state index contributed by atoms with van der Waals surface area (Å²) in [7, 11) is 0. The zero-order valence-electron chi connectivity index (χ0n) is 33.7. The third kappa shape index (κ3) is 34.4. The van der Waals surface area contributed by atoms with Crippen molar-refractivity contribution in [1.29, 1.82) is 0 Å². The molecule has 0 heterocycles. The lowest BCUT2D eigenvalue weighted by molar-refractivity contribution is -0.150. The smallest absolute Gasteiger partial charge is 0.306 e. The van der Waals surface area contributed by atoms with Gasteiger partial charge in [-0.1, -0.05) is 164 Å². The van der Waals surface area contributed by atoms with Crippen LogP contribution in [0.1, 0.15) is 181 Å². The molecule has 1 amide bonds. The Morgan fingerprint density at radius 2 is 1.08 bits per heavy atom. The Hall–Kier alpha value is -2.70. The Bertz CT molecular complexity index is 995. The van der Waals surface area contributed by atoms with Crippen LogP contribution >= 0.6 is 0 Å². The van der Waals surface area contributed by atoms with E-state index in [1.165, 1.54) is 38.5 Å². The quantitative estimate of drug-likeness (QED) is 0.0339. The standard InChI is InChI=1S/C46H79NO5/c1-4-7-10-13-16-19-20-21-22-23-24-25-27-30-33-36-39-46(51)52-42(37-34-31-28-18-15-12-9-6-3)40-45(50)47-43(41-48)44(49)38-35-32-29-26-17-14-11-8-5-2/h7,10,12,15-16,19,21-22,24-25,30,33,42-44,48-49H,4-6,8-9,11,13-14,17-18,20,23,26-29,31-32,34-41H2,1-3H3,(H,47,50)/b10-7+,15-12-,19-16+,22-21+,25-24+,33-30+. The molecule has 0 spiro atoms. The summed E-state index contributed by atoms with van der Waals surface area (Å²) in [6, 6.07) is -0.719. The van der Waals surface area contributed by atoms with E-state index in [1.54, 1.807) is 0 Å². The molecule has 0 radical (unpaired) electrons. The van der Waals surface area contributed by atoms with Crippen LogP contribution in [0.4, 0.5) is 0 Å². The number of rotatable bonds is 36. The molecule has 0 aliphatic carbocycles. The van der Waals surface area contributed by atoms with E-state index in [-0.39, 0.29) is 31.3 Å². The second-order valence-corrected chi connectivity index (χ2v) is 14.0. The minimum absolute atomic E-state index is 0.0328. The van der Waals surface area contributed by atoms with Crippen LogP contribution in [0.3, 0.4) is 0 Å². The Labute approximate surface area is 320 Å². The number of aliphatic hydroxyl groups excluding tert-OH is 2. The molecule has 0 aliphatic rings. The van der Waals surface area contributed by atoms with E-state index in [0.29, 0.717) is 19.3 Å². The molecule has 3 N–H and O–H groups in total. The maximum absolute atomic E-state index is 13.0. The molecule has 298 valence electrons. The highest BCUT2D eigenvalue weighted by molar-refractivity contribution is 5.77. The number of hydrogen-bond acceptors (Lipinski definition) is 5. The van der Waals surface area contributed by atoms with Crippen LogP contribution in [0.25, 0.3) is 0 Å². The number of amides is 1. The van der Waals surface area contributed by atoms with E-state index >= 15 is 0 Å². The van der Waals surface area contributed by atoms with E-state index in [2.05, 4.69) is 92.9 Å². The van der Waals surface area contributed by atoms with Crippen molar-refractivity contribution in [1.82, 2.24) is 5.32 Å². The highest BCUT2D eigenvalue weighted by Gasteiger charge is 2.23. The summed E-state index contributed by atoms with van der Waals surface area (Å²) >= 11 is 0. The molecular weight excluding hydrogens is 647 g/mol. The number of allylic oxidation sites excluding steroid dienone is 12. The van der Waals surface area contributed by atoms with Crippen molar-refractivity contribution in [2.24, 2.45) is 0 Å². The Kier molecular flexibility index (Phi) is 37.5. The topological polar surface area (TPSA) is 95.9 Å². The summed E-state index contributed by atoms with van der Waals surface area (Å²) in [5.41, 5.74) is 0. The summed E-state index contributed by atoms with van der Waals surface area (Å²) in [5, 5.41) is 23.4. The molecule has 0 aromatic carbocycles. The fourth-order valence-electron chi connectivity index (χ4n) is 5.83. The summed E-state index contributed by atoms with van der Waals surface area (Å²) in [5.74, 6) is -0.603. The fraction of sp³-hybridized carbons (Fsp3) is 0.696. The van der Waals surface area contributed by atoms with Gasteiger partial charge in [-0.3, -0.25) is 9.59 Å². The van der Waals surface area contributed by atoms with Gasteiger partial charge in [0.15, 0.2) is 0 Å². The number of ether oxygens (including phenoxy) is 1. The fourth-order valence-corrected chi connectivity index (χ4v) is 5.83. The average molecular weight is 726 g/mol. The first-order valence-corrected chi connectivity index (χ1v) is 21.2. The molecule has 0 aromatic heterocycles. The van der Waals surface area contributed by atoms with Gasteiger partial charge in [0.25, 0.3) is 0 Å². The van der Waals surface area contributed by atoms with Crippen LogP contribution in [0, 0.1) is 0 Å². The zero-order chi connectivity index (χ0) is 38.2. The first kappa shape index (κ1) is 49.3. The van der Waals surface area contributed by atoms with Gasteiger partial charge < -0.3 is 20.3 Å². The van der Waals surface area contributed by atoms with Gasteiger partial charge in [-0.05, 0) is 77.0 Å². The number of carbonyl (C=O) groups excluding carboxylic acids is 2. The van der Waals surface area contributed by atoms with Crippen molar-refractivity contribution in [2.75, 3.05) is 6.61 Å². The van der Waals surface area contributed by atoms with Gasteiger partial charge in [0.1, 0.15) is 6.10 Å². The summed E-state index contributed by atoms with van der Waals surface area (Å²) < 4.78 is 5.81. The minimum atomic E-state index is -0.802. The molecule has 3 unspecified atom stereocenters. The lowest BCUT2D eigenvalue weighted by atomic mass is 10.0. The number of hydrogen-bond donors (Lipinski definition) is 3. The second-order valence-electron chi connectivity index (χ2n) is 14.0. The first-order valence-electron chi connectivity index (χ1n) is 21.2. The van der Waals surface area contributed by atoms with Crippen LogP contribution in [0.5, 0.6) is 0 Å². The first-order chi connectivity index (χ1) is 25.5. The maximum Gasteiger partial charge on any atom is 0.306 e. The predicted molar refractivity (Wildman–Crippen MR) is 222 cm³/mol. The van der Waals surface area contributed by atoms with Gasteiger partial charge in [0.2, 0.25) is 5.91 Å². The van der Waals surface area contributed by atoms with Crippen molar-refractivity contribution >= 4 is 11.9 Å². The van der Waals surface area contributed by atoms with E-state index < -0.39 is 18.2 Å². The minimum Gasteiger partial charge on any atom is -0.462 e. The van der Waals surface area contributed by atoms with Crippen LogP contribution in [0.15, 0.2) is 72.9 Å². The van der Waals surface area contributed by atoms with E-state index in [9.17, 15) is 19.8 Å². The van der Waals surface area contributed by atoms with E-state index in [0.717, 1.165) is 89.9 Å². The SMILES string of the molecule is CC/C=C/C/C=C/C/C=C/C/C=C/C/C=C/CCC(=O)OC(CCCCC/C=C\CCC)CC(=O)NC(CO)C(O)CCCCCCCCCCC. The predicted octanol–water partition coefficient (Wildman–Crippen LogP) is 11.9. The lowest BCUT2D eigenvalue weighted by Crippen LogP contribution is -2.46. The zero-order valence-corrected chi connectivity index (χ0v) is 33.7. The summed E-state index contributed by atoms with van der Waals surface area (Å²) in [6.07, 6.45) is 48.4. The van der Waals surface area contributed by atoms with Crippen LogP contribution in [-0.4, -0.2) is 46.9 Å². The summed E-state index contributed by atoms with van der Waals surface area (Å²) in [6.45, 7) is 6.22. The molecule has 6 nitrogen and oxygen atoms in total. The monoisotopic (exact) mass is 726 g/mol. The van der Waals surface area contributed by atoms with Crippen molar-refractivity contribution in [3.05, 3.63) is 72.9 Å². The molecule has 0 saturated heterocycles. The van der Waals surface area contributed by atoms with Gasteiger partial charge in [-0.15, -0.1) is 0 Å². The van der Waals surface area contributed by atoms with Gasteiger partial charge >= 0.3 is 5.97 Å². The molecular formula is C46H79NO5. The molecule has 0 rings (SSSR count). The van der Waals surface area contributed by atoms with Crippen LogP contribution in [-0.2, 0) is 14.3 Å². The number of nitrogens with one attached hydrogen (secondary N) is 1. The van der Waals surface area contributed by atoms with Crippen LogP contribution in [0.2, 0.25) is 0 Å². The molecule has 3 atom stereocenters. The molecule has 52 heavy (non-hydrogen) atoms. The van der Waals surface area contributed by atoms with Gasteiger partial charge in [-0.25, -0.2) is 0 Å². The number of esters is 1. The largest absolute Gasteiger partial charge is 0.462 e. The average Bonchev–Trinajstić information content (AvgIpc) is 3.13. The Morgan fingerprint density at radius 3 is 1.65 bits per heavy atom. The third-order valence-corrected chi connectivity index (χ3v) is 9.01. The van der Waals surface area contributed by atoms with E-state index in [1.807, 2.05) is 6.08 Å². The number of unbranched alkanes of at least 4 members (excludes halogenated alkanes) is 12.